The van der Waals surface area contributed by atoms with Crippen molar-refractivity contribution >= 4 is 17.2 Å². The standard InChI is InChI=1S/C23H23F3N4O3/c1-14-19(16-10-20(22(32)28-12-16)30-5-7-33-8-6-30)11-18(13-27-14)29-21(31)15-3-2-4-17(9-15)23(24,25)26/h2-4,9-13,22,28,32H,5-8H2,1H3,(H,29,31). The molecule has 174 valence electrons. The highest BCUT2D eigenvalue weighted by Gasteiger charge is 2.31. The molecule has 33 heavy (non-hydrogen) atoms. The van der Waals surface area contributed by atoms with Gasteiger partial charge in [-0.2, -0.15) is 13.2 Å². The number of amides is 1. The third kappa shape index (κ3) is 5.18. The summed E-state index contributed by atoms with van der Waals surface area (Å²) in [4.78, 5) is 18.9. The molecule has 4 rings (SSSR count). The van der Waals surface area contributed by atoms with Crippen LogP contribution in [0.25, 0.3) is 5.57 Å². The van der Waals surface area contributed by atoms with Gasteiger partial charge in [0.1, 0.15) is 0 Å². The monoisotopic (exact) mass is 460 g/mol. The summed E-state index contributed by atoms with van der Waals surface area (Å²) in [6.07, 6.45) is -0.428. The number of aliphatic hydroxyl groups excluding tert-OH is 1. The average molecular weight is 460 g/mol. The molecular weight excluding hydrogens is 437 g/mol. The Morgan fingerprint density at radius 2 is 2.03 bits per heavy atom. The normalized spacial score (nSPS) is 18.8. The van der Waals surface area contributed by atoms with E-state index in [-0.39, 0.29) is 5.56 Å². The van der Waals surface area contributed by atoms with Gasteiger partial charge in [-0.05, 0) is 37.3 Å². The van der Waals surface area contributed by atoms with Gasteiger partial charge < -0.3 is 25.4 Å². The van der Waals surface area contributed by atoms with Crippen molar-refractivity contribution in [3.05, 3.63) is 76.9 Å². The zero-order valence-electron chi connectivity index (χ0n) is 17.8. The third-order valence-electron chi connectivity index (χ3n) is 5.46. The summed E-state index contributed by atoms with van der Waals surface area (Å²) in [6, 6.07) is 5.94. The molecule has 10 heteroatoms. The Balaban J connectivity index is 1.57. The fraction of sp³-hybridized carbons (Fsp3) is 0.304. The number of aryl methyl sites for hydroxylation is 1. The van der Waals surface area contributed by atoms with Gasteiger partial charge in [0.15, 0.2) is 6.23 Å². The van der Waals surface area contributed by atoms with Crippen molar-refractivity contribution in [2.45, 2.75) is 19.3 Å². The largest absolute Gasteiger partial charge is 0.416 e. The molecule has 1 saturated heterocycles. The first kappa shape index (κ1) is 22.8. The smallest absolute Gasteiger partial charge is 0.378 e. The molecule has 7 nitrogen and oxygen atoms in total. The number of carbonyl (C=O) groups is 1. The van der Waals surface area contributed by atoms with Gasteiger partial charge >= 0.3 is 6.18 Å². The fourth-order valence-corrected chi connectivity index (χ4v) is 3.71. The van der Waals surface area contributed by atoms with Crippen LogP contribution in [0, 0.1) is 6.92 Å². The van der Waals surface area contributed by atoms with Gasteiger partial charge in [-0.3, -0.25) is 9.78 Å². The Hall–Kier alpha value is -3.37. The number of aliphatic hydroxyl groups is 1. The second-order valence-corrected chi connectivity index (χ2v) is 7.73. The van der Waals surface area contributed by atoms with Gasteiger partial charge in [-0.1, -0.05) is 6.07 Å². The molecular formula is C23H23F3N4O3. The van der Waals surface area contributed by atoms with Crippen molar-refractivity contribution < 1.29 is 27.8 Å². The number of allylic oxidation sites excluding steroid dienone is 2. The van der Waals surface area contributed by atoms with Gasteiger partial charge in [-0.15, -0.1) is 0 Å². The maximum Gasteiger partial charge on any atom is 0.416 e. The van der Waals surface area contributed by atoms with E-state index < -0.39 is 23.9 Å². The van der Waals surface area contributed by atoms with Crippen LogP contribution in [0.5, 0.6) is 0 Å². The number of carbonyl (C=O) groups excluding carboxylic acids is 1. The lowest BCUT2D eigenvalue weighted by molar-refractivity contribution is -0.137. The molecule has 1 aromatic carbocycles. The van der Waals surface area contributed by atoms with E-state index >= 15 is 0 Å². The number of hydrogen-bond donors (Lipinski definition) is 3. The molecule has 2 aliphatic heterocycles. The SMILES string of the molecule is Cc1ncc(NC(=O)c2cccc(C(F)(F)F)c2)cc1C1=CNC(O)C(N2CCOCC2)=C1. The van der Waals surface area contributed by atoms with Crippen molar-refractivity contribution in [2.24, 2.45) is 0 Å². The fourth-order valence-electron chi connectivity index (χ4n) is 3.71. The second kappa shape index (κ2) is 9.24. The molecule has 0 radical (unpaired) electrons. The molecule has 3 heterocycles. The van der Waals surface area contributed by atoms with Crippen LogP contribution in [0.15, 0.2) is 54.5 Å². The number of nitrogens with zero attached hydrogens (tertiary/aromatic N) is 2. The minimum Gasteiger partial charge on any atom is -0.378 e. The minimum absolute atomic E-state index is 0.108. The van der Waals surface area contributed by atoms with E-state index in [4.69, 9.17) is 4.74 Å². The van der Waals surface area contributed by atoms with E-state index in [2.05, 4.69) is 15.6 Å². The summed E-state index contributed by atoms with van der Waals surface area (Å²) in [5, 5.41) is 15.9. The molecule has 0 aliphatic carbocycles. The lowest BCUT2D eigenvalue weighted by atomic mass is 10.0. The quantitative estimate of drug-likeness (QED) is 0.650. The molecule has 1 aromatic heterocycles. The van der Waals surface area contributed by atoms with E-state index in [0.29, 0.717) is 48.9 Å². The van der Waals surface area contributed by atoms with Crippen molar-refractivity contribution in [2.75, 3.05) is 31.6 Å². The summed E-state index contributed by atoms with van der Waals surface area (Å²) in [7, 11) is 0. The van der Waals surface area contributed by atoms with Crippen LogP contribution >= 0.6 is 0 Å². The molecule has 2 aliphatic rings. The number of pyridine rings is 1. The number of dihydropyridines is 1. The van der Waals surface area contributed by atoms with Gasteiger partial charge in [0.2, 0.25) is 0 Å². The molecule has 1 amide bonds. The van der Waals surface area contributed by atoms with Crippen molar-refractivity contribution in [3.8, 4) is 0 Å². The molecule has 0 spiro atoms. The molecule has 2 aromatic rings. The number of ether oxygens (including phenoxy) is 1. The lowest BCUT2D eigenvalue weighted by Gasteiger charge is -2.35. The summed E-state index contributed by atoms with van der Waals surface area (Å²) in [6.45, 7) is 4.26. The Labute approximate surface area is 188 Å². The Kier molecular flexibility index (Phi) is 6.39. The summed E-state index contributed by atoms with van der Waals surface area (Å²) in [5.74, 6) is -0.673. The summed E-state index contributed by atoms with van der Waals surface area (Å²) < 4.78 is 44.3. The van der Waals surface area contributed by atoms with Crippen LogP contribution in [0.2, 0.25) is 0 Å². The van der Waals surface area contributed by atoms with Crippen LogP contribution in [0.3, 0.4) is 0 Å². The number of anilines is 1. The first-order valence-corrected chi connectivity index (χ1v) is 10.4. The van der Waals surface area contributed by atoms with Gasteiger partial charge in [-0.25, -0.2) is 0 Å². The topological polar surface area (TPSA) is 86.7 Å². The summed E-state index contributed by atoms with van der Waals surface area (Å²) >= 11 is 0. The highest BCUT2D eigenvalue weighted by atomic mass is 19.4. The predicted octanol–water partition coefficient (Wildman–Crippen LogP) is 3.14. The second-order valence-electron chi connectivity index (χ2n) is 7.73. The van der Waals surface area contributed by atoms with E-state index in [9.17, 15) is 23.1 Å². The van der Waals surface area contributed by atoms with Crippen LogP contribution in [0.1, 0.15) is 27.2 Å². The molecule has 3 N–H and O–H groups in total. The third-order valence-corrected chi connectivity index (χ3v) is 5.46. The predicted molar refractivity (Wildman–Crippen MR) is 116 cm³/mol. The van der Waals surface area contributed by atoms with Crippen LogP contribution in [-0.4, -0.2) is 53.4 Å². The number of hydrogen-bond acceptors (Lipinski definition) is 6. The van der Waals surface area contributed by atoms with Crippen molar-refractivity contribution in [1.82, 2.24) is 15.2 Å². The lowest BCUT2D eigenvalue weighted by Crippen LogP contribution is -2.43. The number of alkyl halides is 3. The number of halogens is 3. The minimum atomic E-state index is -4.54. The first-order chi connectivity index (χ1) is 15.7. The van der Waals surface area contributed by atoms with E-state index in [0.717, 1.165) is 17.7 Å². The summed E-state index contributed by atoms with van der Waals surface area (Å²) in [5.41, 5.74) is 2.19. The highest BCUT2D eigenvalue weighted by molar-refractivity contribution is 6.04. The Morgan fingerprint density at radius 1 is 1.27 bits per heavy atom. The van der Waals surface area contributed by atoms with E-state index in [1.54, 1.807) is 12.3 Å². The van der Waals surface area contributed by atoms with Crippen molar-refractivity contribution in [3.63, 3.8) is 0 Å². The zero-order valence-corrected chi connectivity index (χ0v) is 17.8. The first-order valence-electron chi connectivity index (χ1n) is 10.4. The molecule has 0 bridgehead atoms. The van der Waals surface area contributed by atoms with E-state index in [1.807, 2.05) is 17.9 Å². The van der Waals surface area contributed by atoms with Gasteiger partial charge in [0, 0.05) is 41.7 Å². The molecule has 0 saturated carbocycles. The van der Waals surface area contributed by atoms with Gasteiger partial charge in [0.25, 0.3) is 5.91 Å². The Morgan fingerprint density at radius 3 is 2.76 bits per heavy atom. The Bertz CT molecular complexity index is 1110. The average Bonchev–Trinajstić information content (AvgIpc) is 2.81. The molecule has 1 atom stereocenters. The maximum absolute atomic E-state index is 13.0. The number of morpholine rings is 1. The van der Waals surface area contributed by atoms with E-state index in [1.165, 1.54) is 18.3 Å². The number of rotatable bonds is 4. The van der Waals surface area contributed by atoms with Crippen LogP contribution in [-0.2, 0) is 10.9 Å². The van der Waals surface area contributed by atoms with Crippen LogP contribution < -0.4 is 10.6 Å². The van der Waals surface area contributed by atoms with Crippen molar-refractivity contribution in [1.29, 1.82) is 0 Å². The number of aromatic nitrogens is 1. The van der Waals surface area contributed by atoms with Gasteiger partial charge in [0.05, 0.1) is 36.4 Å². The molecule has 1 fully saturated rings. The number of benzene rings is 1. The number of nitrogens with one attached hydrogen (secondary N) is 2. The van der Waals surface area contributed by atoms with Crippen LogP contribution in [0.4, 0.5) is 18.9 Å². The highest BCUT2D eigenvalue weighted by Crippen LogP contribution is 2.30. The molecule has 1 unspecified atom stereocenters. The zero-order chi connectivity index (χ0) is 23.6. The maximum atomic E-state index is 13.0.